The molecule has 3 N–H and O–H groups in total. The topological polar surface area (TPSA) is 75.4 Å². The molecule has 0 aromatic heterocycles. The van der Waals surface area contributed by atoms with Crippen molar-refractivity contribution in [3.8, 4) is 0 Å². The van der Waals surface area contributed by atoms with Crippen molar-refractivity contribution in [1.29, 1.82) is 0 Å². The number of hydrogen-bond acceptors (Lipinski definition) is 4. The van der Waals surface area contributed by atoms with Gasteiger partial charge in [0.2, 0.25) is 10.0 Å². The maximum atomic E-state index is 12.1. The Kier molecular flexibility index (Phi) is 5.20. The van der Waals surface area contributed by atoms with Gasteiger partial charge in [0.1, 0.15) is 4.90 Å². The van der Waals surface area contributed by atoms with Crippen LogP contribution in [0.2, 0.25) is 0 Å². The van der Waals surface area contributed by atoms with Gasteiger partial charge in [-0.15, -0.1) is 0 Å². The molecule has 1 aromatic carbocycles. The lowest BCUT2D eigenvalue weighted by Crippen LogP contribution is -2.23. The molecule has 0 amide bonds. The molecule has 0 atom stereocenters. The normalized spacial score (nSPS) is 12.1. The average molecular weight is 285 g/mol. The summed E-state index contributed by atoms with van der Waals surface area (Å²) in [4.78, 5) is 0.145. The summed E-state index contributed by atoms with van der Waals surface area (Å²) in [5, 5.41) is 3.19. The van der Waals surface area contributed by atoms with Crippen LogP contribution in [0.3, 0.4) is 0 Å². The van der Waals surface area contributed by atoms with E-state index >= 15 is 0 Å². The van der Waals surface area contributed by atoms with Crippen molar-refractivity contribution in [1.82, 2.24) is 4.31 Å². The third-order valence-electron chi connectivity index (χ3n) is 2.86. The van der Waals surface area contributed by atoms with Gasteiger partial charge in [-0.2, -0.15) is 0 Å². The monoisotopic (exact) mass is 285 g/mol. The van der Waals surface area contributed by atoms with Crippen molar-refractivity contribution in [2.45, 2.75) is 25.2 Å². The van der Waals surface area contributed by atoms with Gasteiger partial charge in [0.15, 0.2) is 0 Å². The standard InChI is InChI=1S/C13H23N3O2S/c1-10(2)8-9-15-11-6-5-7-12(13(11)14)19(17,18)16(3)4/h5-7,10,15H,8-9,14H2,1-4H3. The van der Waals surface area contributed by atoms with Crippen LogP contribution in [0.5, 0.6) is 0 Å². The fraction of sp³-hybridized carbons (Fsp3) is 0.538. The molecule has 6 heteroatoms. The quantitative estimate of drug-likeness (QED) is 0.784. The van der Waals surface area contributed by atoms with Crippen LogP contribution in [-0.4, -0.2) is 33.4 Å². The van der Waals surface area contributed by atoms with Crippen LogP contribution >= 0.6 is 0 Å². The molecular weight excluding hydrogens is 262 g/mol. The number of anilines is 2. The van der Waals surface area contributed by atoms with Crippen molar-refractivity contribution < 1.29 is 8.42 Å². The van der Waals surface area contributed by atoms with Crippen LogP contribution in [0.15, 0.2) is 23.1 Å². The summed E-state index contributed by atoms with van der Waals surface area (Å²) < 4.78 is 25.4. The lowest BCUT2D eigenvalue weighted by Gasteiger charge is -2.16. The van der Waals surface area contributed by atoms with Crippen molar-refractivity contribution >= 4 is 21.4 Å². The van der Waals surface area contributed by atoms with Gasteiger partial charge in [0.25, 0.3) is 0 Å². The molecule has 0 heterocycles. The van der Waals surface area contributed by atoms with E-state index < -0.39 is 10.0 Å². The lowest BCUT2D eigenvalue weighted by molar-refractivity contribution is 0.521. The minimum atomic E-state index is -3.50. The van der Waals surface area contributed by atoms with Gasteiger partial charge in [0, 0.05) is 20.6 Å². The second-order valence-corrected chi connectivity index (χ2v) is 7.23. The molecule has 0 saturated carbocycles. The zero-order chi connectivity index (χ0) is 14.6. The summed E-state index contributed by atoms with van der Waals surface area (Å²) in [7, 11) is -0.516. The molecule has 19 heavy (non-hydrogen) atoms. The first kappa shape index (κ1) is 15.8. The molecule has 0 fully saturated rings. The first-order valence-electron chi connectivity index (χ1n) is 6.31. The highest BCUT2D eigenvalue weighted by Crippen LogP contribution is 2.28. The maximum absolute atomic E-state index is 12.1. The Hall–Kier alpha value is -1.27. The molecule has 0 aliphatic carbocycles. The van der Waals surface area contributed by atoms with E-state index in [9.17, 15) is 8.42 Å². The highest BCUT2D eigenvalue weighted by molar-refractivity contribution is 7.89. The number of hydrogen-bond donors (Lipinski definition) is 2. The van der Waals surface area contributed by atoms with E-state index in [0.29, 0.717) is 11.6 Å². The minimum Gasteiger partial charge on any atom is -0.396 e. The fourth-order valence-electron chi connectivity index (χ4n) is 1.62. The first-order chi connectivity index (χ1) is 8.76. The van der Waals surface area contributed by atoms with Gasteiger partial charge in [0.05, 0.1) is 11.4 Å². The summed E-state index contributed by atoms with van der Waals surface area (Å²) in [6.07, 6.45) is 1.00. The van der Waals surface area contributed by atoms with Crippen LogP contribution in [0, 0.1) is 5.92 Å². The maximum Gasteiger partial charge on any atom is 0.244 e. The van der Waals surface area contributed by atoms with E-state index in [0.717, 1.165) is 17.3 Å². The van der Waals surface area contributed by atoms with E-state index in [1.54, 1.807) is 12.1 Å². The summed E-state index contributed by atoms with van der Waals surface area (Å²) in [6.45, 7) is 5.04. The third kappa shape index (κ3) is 3.84. The van der Waals surface area contributed by atoms with E-state index in [1.807, 2.05) is 0 Å². The SMILES string of the molecule is CC(C)CCNc1cccc(S(=O)(=O)N(C)C)c1N. The smallest absolute Gasteiger partial charge is 0.244 e. The predicted molar refractivity (Wildman–Crippen MR) is 79.7 cm³/mol. The molecule has 0 bridgehead atoms. The number of benzene rings is 1. The van der Waals surface area contributed by atoms with Gasteiger partial charge in [-0.25, -0.2) is 12.7 Å². The second-order valence-electron chi connectivity index (χ2n) is 5.11. The Morgan fingerprint density at radius 1 is 1.32 bits per heavy atom. The molecule has 1 aromatic rings. The highest BCUT2D eigenvalue weighted by Gasteiger charge is 2.21. The number of sulfonamides is 1. The Balaban J connectivity index is 2.99. The minimum absolute atomic E-state index is 0.145. The van der Waals surface area contributed by atoms with E-state index in [1.165, 1.54) is 20.2 Å². The molecule has 0 radical (unpaired) electrons. The summed E-state index contributed by atoms with van der Waals surface area (Å²) in [5.41, 5.74) is 6.90. The van der Waals surface area contributed by atoms with Crippen LogP contribution < -0.4 is 11.1 Å². The van der Waals surface area contributed by atoms with Crippen LogP contribution in [0.4, 0.5) is 11.4 Å². The van der Waals surface area contributed by atoms with Gasteiger partial charge < -0.3 is 11.1 Å². The molecule has 0 spiro atoms. The molecule has 0 aliphatic rings. The van der Waals surface area contributed by atoms with Gasteiger partial charge in [-0.3, -0.25) is 0 Å². The number of nitrogens with two attached hydrogens (primary N) is 1. The van der Waals surface area contributed by atoms with Gasteiger partial charge in [-0.05, 0) is 24.5 Å². The van der Waals surface area contributed by atoms with Crippen molar-refractivity contribution in [2.24, 2.45) is 5.92 Å². The Morgan fingerprint density at radius 2 is 1.95 bits per heavy atom. The first-order valence-corrected chi connectivity index (χ1v) is 7.75. The number of rotatable bonds is 6. The molecule has 0 aliphatic heterocycles. The van der Waals surface area contributed by atoms with Crippen molar-refractivity contribution in [3.63, 3.8) is 0 Å². The van der Waals surface area contributed by atoms with Crippen LogP contribution in [-0.2, 0) is 10.0 Å². The van der Waals surface area contributed by atoms with E-state index in [2.05, 4.69) is 19.2 Å². The summed E-state index contributed by atoms with van der Waals surface area (Å²) in [5.74, 6) is 0.586. The molecule has 0 unspecified atom stereocenters. The Labute approximate surface area is 115 Å². The van der Waals surface area contributed by atoms with Gasteiger partial charge in [-0.1, -0.05) is 19.9 Å². The summed E-state index contributed by atoms with van der Waals surface area (Å²) >= 11 is 0. The zero-order valence-corrected chi connectivity index (χ0v) is 12.8. The number of nitrogen functional groups attached to an aromatic ring is 1. The molecule has 5 nitrogen and oxygen atoms in total. The summed E-state index contributed by atoms with van der Waals surface area (Å²) in [6, 6.07) is 5.02. The molecule has 1 rings (SSSR count). The Bertz CT molecular complexity index is 525. The van der Waals surface area contributed by atoms with Crippen LogP contribution in [0.25, 0.3) is 0 Å². The third-order valence-corrected chi connectivity index (χ3v) is 4.74. The fourth-order valence-corrected chi connectivity index (χ4v) is 2.65. The molecular formula is C13H23N3O2S. The predicted octanol–water partition coefficient (Wildman–Crippen LogP) is 1.98. The van der Waals surface area contributed by atoms with E-state index in [-0.39, 0.29) is 10.6 Å². The number of nitrogens with one attached hydrogen (secondary N) is 1. The van der Waals surface area contributed by atoms with Crippen molar-refractivity contribution in [2.75, 3.05) is 31.7 Å². The Morgan fingerprint density at radius 3 is 2.47 bits per heavy atom. The number of para-hydroxylation sites is 1. The zero-order valence-electron chi connectivity index (χ0n) is 12.0. The lowest BCUT2D eigenvalue weighted by atomic mass is 10.1. The highest BCUT2D eigenvalue weighted by atomic mass is 32.2. The molecule has 108 valence electrons. The van der Waals surface area contributed by atoms with E-state index in [4.69, 9.17) is 5.73 Å². The van der Waals surface area contributed by atoms with Gasteiger partial charge >= 0.3 is 0 Å². The largest absolute Gasteiger partial charge is 0.396 e. The number of nitrogens with zero attached hydrogens (tertiary/aromatic N) is 1. The molecule has 0 saturated heterocycles. The van der Waals surface area contributed by atoms with Crippen LogP contribution in [0.1, 0.15) is 20.3 Å². The van der Waals surface area contributed by atoms with Crippen molar-refractivity contribution in [3.05, 3.63) is 18.2 Å². The average Bonchev–Trinajstić information content (AvgIpc) is 2.30. The second kappa shape index (κ2) is 6.25.